The number of anilines is 1. The third-order valence-corrected chi connectivity index (χ3v) is 7.99. The van der Waals surface area contributed by atoms with Crippen LogP contribution in [0.25, 0.3) is 0 Å². The van der Waals surface area contributed by atoms with E-state index >= 15 is 0 Å². The molecule has 37 heavy (non-hydrogen) atoms. The summed E-state index contributed by atoms with van der Waals surface area (Å²) >= 11 is 1.30. The number of phenolic OH excluding ortho intramolecular Hbond substituents is 1. The molecule has 0 spiro atoms. The predicted octanol–water partition coefficient (Wildman–Crippen LogP) is 5.65. The Morgan fingerprint density at radius 1 is 0.946 bits per heavy atom. The number of para-hydroxylation sites is 2. The lowest BCUT2D eigenvalue weighted by molar-refractivity contribution is -0.118. The zero-order chi connectivity index (χ0) is 26.7. The zero-order valence-corrected chi connectivity index (χ0v) is 22.4. The molecule has 0 unspecified atom stereocenters. The van der Waals surface area contributed by atoms with Gasteiger partial charge < -0.3 is 15.2 Å². The number of aromatic hydroxyl groups is 1. The van der Waals surface area contributed by atoms with Crippen LogP contribution in [-0.2, 0) is 33.2 Å². The van der Waals surface area contributed by atoms with Gasteiger partial charge in [0.15, 0.2) is 16.4 Å². The Hall–Kier alpha value is -3.69. The van der Waals surface area contributed by atoms with Gasteiger partial charge in [-0.1, -0.05) is 50.2 Å². The molecule has 194 valence electrons. The van der Waals surface area contributed by atoms with Crippen molar-refractivity contribution < 1.29 is 23.1 Å². The van der Waals surface area contributed by atoms with Gasteiger partial charge in [-0.05, 0) is 60.4 Å². The van der Waals surface area contributed by atoms with Crippen LogP contribution in [0.4, 0.5) is 5.69 Å². The Balaban J connectivity index is 0.000000356. The van der Waals surface area contributed by atoms with Gasteiger partial charge in [0.2, 0.25) is 0 Å². The van der Waals surface area contributed by atoms with Crippen molar-refractivity contribution in [2.75, 3.05) is 11.9 Å². The number of hydrogen-bond acceptors (Lipinski definition) is 7. The van der Waals surface area contributed by atoms with Crippen LogP contribution in [0.5, 0.6) is 11.5 Å². The smallest absolute Gasteiger partial charge is 0.262 e. The Kier molecular flexibility index (Phi) is 10.2. The first-order chi connectivity index (χ1) is 17.8. The molecular formula is C28H30N2O5S2. The van der Waals surface area contributed by atoms with Crippen LogP contribution in [0, 0.1) is 0 Å². The van der Waals surface area contributed by atoms with E-state index in [1.54, 1.807) is 29.8 Å². The van der Waals surface area contributed by atoms with Crippen molar-refractivity contribution in [3.05, 3.63) is 101 Å². The standard InChI is InChI=1S/C20H20N2O4S2.C8H10O/c1-2-15-5-3-4-6-18(15)26-13-19(23)22-16-7-9-17(10-8-16)28(24,25)14-20-21-11-12-27-20;1-2-7-5-3-4-6-8(7)9/h3-12H,2,13-14H2,1H3,(H,22,23);3-6,9H,2H2,1H3. The average Bonchev–Trinajstić information content (AvgIpc) is 3.41. The van der Waals surface area contributed by atoms with Crippen molar-refractivity contribution in [3.63, 3.8) is 0 Å². The summed E-state index contributed by atoms with van der Waals surface area (Å²) in [5.74, 6) is 0.634. The van der Waals surface area contributed by atoms with Crippen molar-refractivity contribution in [1.29, 1.82) is 0 Å². The molecule has 2 N–H and O–H groups in total. The Bertz CT molecular complexity index is 1390. The highest BCUT2D eigenvalue weighted by Gasteiger charge is 2.17. The van der Waals surface area contributed by atoms with Crippen LogP contribution < -0.4 is 10.1 Å². The van der Waals surface area contributed by atoms with E-state index < -0.39 is 9.84 Å². The number of thiazole rings is 1. The zero-order valence-electron chi connectivity index (χ0n) is 20.8. The van der Waals surface area contributed by atoms with Crippen molar-refractivity contribution in [1.82, 2.24) is 4.98 Å². The van der Waals surface area contributed by atoms with Crippen LogP contribution in [-0.4, -0.2) is 31.0 Å². The van der Waals surface area contributed by atoms with Gasteiger partial charge >= 0.3 is 0 Å². The molecule has 3 aromatic carbocycles. The second kappa shape index (κ2) is 13.6. The number of nitrogens with zero attached hydrogens (tertiary/aromatic N) is 1. The summed E-state index contributed by atoms with van der Waals surface area (Å²) in [5.41, 5.74) is 2.55. The van der Waals surface area contributed by atoms with Crippen LogP contribution in [0.1, 0.15) is 30.0 Å². The first-order valence-electron chi connectivity index (χ1n) is 11.8. The largest absolute Gasteiger partial charge is 0.508 e. The highest BCUT2D eigenvalue weighted by atomic mass is 32.2. The van der Waals surface area contributed by atoms with Gasteiger partial charge in [0.1, 0.15) is 22.3 Å². The number of amides is 1. The van der Waals surface area contributed by atoms with Gasteiger partial charge in [-0.3, -0.25) is 4.79 Å². The molecule has 1 heterocycles. The van der Waals surface area contributed by atoms with E-state index in [0.29, 0.717) is 22.2 Å². The summed E-state index contributed by atoms with van der Waals surface area (Å²) < 4.78 is 30.4. The minimum atomic E-state index is -3.47. The molecular weight excluding hydrogens is 508 g/mol. The van der Waals surface area contributed by atoms with E-state index in [2.05, 4.69) is 10.3 Å². The van der Waals surface area contributed by atoms with Gasteiger partial charge in [-0.15, -0.1) is 11.3 Å². The lowest BCUT2D eigenvalue weighted by Gasteiger charge is -2.11. The second-order valence-electron chi connectivity index (χ2n) is 7.99. The summed E-state index contributed by atoms with van der Waals surface area (Å²) in [6.07, 6.45) is 3.29. The molecule has 9 heteroatoms. The molecule has 0 radical (unpaired) electrons. The number of sulfone groups is 1. The van der Waals surface area contributed by atoms with Gasteiger partial charge in [0.05, 0.1) is 4.90 Å². The predicted molar refractivity (Wildman–Crippen MR) is 147 cm³/mol. The fraction of sp³-hybridized carbons (Fsp3) is 0.214. The first kappa shape index (κ1) is 27.9. The van der Waals surface area contributed by atoms with Gasteiger partial charge in [-0.25, -0.2) is 13.4 Å². The molecule has 0 saturated carbocycles. The molecule has 1 amide bonds. The van der Waals surface area contributed by atoms with Gasteiger partial charge in [-0.2, -0.15) is 0 Å². The summed E-state index contributed by atoms with van der Waals surface area (Å²) in [6, 6.07) is 21.0. The summed E-state index contributed by atoms with van der Waals surface area (Å²) in [6.45, 7) is 3.92. The van der Waals surface area contributed by atoms with Crippen molar-refractivity contribution >= 4 is 32.8 Å². The Labute approximate surface area is 221 Å². The number of carbonyl (C=O) groups excluding carboxylic acids is 1. The van der Waals surface area contributed by atoms with Gasteiger partial charge in [0.25, 0.3) is 5.91 Å². The van der Waals surface area contributed by atoms with E-state index in [4.69, 9.17) is 9.84 Å². The molecule has 0 bridgehead atoms. The molecule has 0 aliphatic rings. The van der Waals surface area contributed by atoms with Gasteiger partial charge in [0, 0.05) is 17.3 Å². The maximum atomic E-state index is 12.4. The normalized spacial score (nSPS) is 10.8. The molecule has 7 nitrogen and oxygen atoms in total. The minimum absolute atomic E-state index is 0.124. The number of phenols is 1. The van der Waals surface area contributed by atoms with Crippen LogP contribution >= 0.6 is 11.3 Å². The number of aromatic nitrogens is 1. The number of aryl methyl sites for hydroxylation is 2. The quantitative estimate of drug-likeness (QED) is 0.285. The van der Waals surface area contributed by atoms with Crippen LogP contribution in [0.2, 0.25) is 0 Å². The number of ether oxygens (including phenoxy) is 1. The molecule has 0 aliphatic heterocycles. The Morgan fingerprint density at radius 2 is 1.59 bits per heavy atom. The summed E-state index contributed by atoms with van der Waals surface area (Å²) in [4.78, 5) is 16.3. The van der Waals surface area contributed by atoms with E-state index in [9.17, 15) is 13.2 Å². The molecule has 0 atom stereocenters. The minimum Gasteiger partial charge on any atom is -0.508 e. The lowest BCUT2D eigenvalue weighted by Crippen LogP contribution is -2.20. The fourth-order valence-electron chi connectivity index (χ4n) is 3.40. The van der Waals surface area contributed by atoms with Crippen molar-refractivity contribution in [2.45, 2.75) is 37.3 Å². The molecule has 1 aromatic heterocycles. The SMILES string of the molecule is CCc1ccccc1O.CCc1ccccc1OCC(=O)Nc1ccc(S(=O)(=O)Cc2nccs2)cc1. The summed E-state index contributed by atoms with van der Waals surface area (Å²) in [5, 5.41) is 14.1. The van der Waals surface area contributed by atoms with Crippen LogP contribution in [0.3, 0.4) is 0 Å². The third-order valence-electron chi connectivity index (χ3n) is 5.38. The molecule has 0 fully saturated rings. The highest BCUT2D eigenvalue weighted by molar-refractivity contribution is 7.90. The molecule has 0 saturated heterocycles. The monoisotopic (exact) mass is 538 g/mol. The van der Waals surface area contributed by atoms with Crippen molar-refractivity contribution in [3.8, 4) is 11.5 Å². The van der Waals surface area contributed by atoms with E-state index in [-0.39, 0.29) is 23.2 Å². The lowest BCUT2D eigenvalue weighted by atomic mass is 10.1. The molecule has 4 aromatic rings. The number of carbonyl (C=O) groups is 1. The fourth-order valence-corrected chi connectivity index (χ4v) is 5.66. The summed E-state index contributed by atoms with van der Waals surface area (Å²) in [7, 11) is -3.47. The maximum absolute atomic E-state index is 12.4. The molecule has 0 aliphatic carbocycles. The number of nitrogens with one attached hydrogen (secondary N) is 1. The van der Waals surface area contributed by atoms with Crippen molar-refractivity contribution in [2.24, 2.45) is 0 Å². The van der Waals surface area contributed by atoms with E-state index in [0.717, 1.165) is 24.0 Å². The second-order valence-corrected chi connectivity index (χ2v) is 11.0. The van der Waals surface area contributed by atoms with E-state index in [1.165, 1.54) is 23.5 Å². The molecule has 4 rings (SSSR count). The topological polar surface area (TPSA) is 106 Å². The number of rotatable bonds is 9. The highest BCUT2D eigenvalue weighted by Crippen LogP contribution is 2.21. The number of hydrogen-bond donors (Lipinski definition) is 2. The average molecular weight is 539 g/mol. The van der Waals surface area contributed by atoms with Crippen LogP contribution in [0.15, 0.2) is 89.3 Å². The first-order valence-corrected chi connectivity index (χ1v) is 14.3. The Morgan fingerprint density at radius 3 is 2.19 bits per heavy atom. The van der Waals surface area contributed by atoms with E-state index in [1.807, 2.05) is 56.3 Å². The maximum Gasteiger partial charge on any atom is 0.262 e. The third kappa shape index (κ3) is 8.44. The number of benzene rings is 3.